The zero-order valence-corrected chi connectivity index (χ0v) is 19.1. The SMILES string of the molecule is CC(=O)N(C1(CF)CC1)S(=O)(=O)c1cc2c(cc1F)n(C(C)=O)c(=O)n2-c1nnc(C(F)F)s1. The van der Waals surface area contributed by atoms with Gasteiger partial charge in [-0.05, 0) is 18.9 Å². The van der Waals surface area contributed by atoms with Crippen LogP contribution >= 0.6 is 11.3 Å². The smallest absolute Gasteiger partial charge is 0.274 e. The summed E-state index contributed by atoms with van der Waals surface area (Å²) in [5.74, 6) is -3.33. The first-order chi connectivity index (χ1) is 15.9. The molecule has 2 aromatic heterocycles. The van der Waals surface area contributed by atoms with Crippen molar-refractivity contribution in [3.8, 4) is 5.13 Å². The van der Waals surface area contributed by atoms with Crippen LogP contribution in [0.4, 0.5) is 17.6 Å². The van der Waals surface area contributed by atoms with Crippen LogP contribution in [0.3, 0.4) is 0 Å². The van der Waals surface area contributed by atoms with Gasteiger partial charge in [-0.15, -0.1) is 10.2 Å². The number of hydrogen-bond acceptors (Lipinski definition) is 8. The predicted molar refractivity (Wildman–Crippen MR) is 110 cm³/mol. The summed E-state index contributed by atoms with van der Waals surface area (Å²) in [6.45, 7) is 0.690. The lowest BCUT2D eigenvalue weighted by Gasteiger charge is -2.28. The molecule has 0 atom stereocenters. The van der Waals surface area contributed by atoms with E-state index in [1.807, 2.05) is 0 Å². The fourth-order valence-electron chi connectivity index (χ4n) is 3.68. The Kier molecular flexibility index (Phi) is 5.63. The summed E-state index contributed by atoms with van der Waals surface area (Å²) < 4.78 is 82.6. The molecule has 2 heterocycles. The Labute approximate surface area is 192 Å². The molecular weight excluding hydrogens is 506 g/mol. The third kappa shape index (κ3) is 3.51. The normalized spacial score (nSPS) is 15.1. The quantitative estimate of drug-likeness (QED) is 0.456. The molecule has 1 aliphatic rings. The van der Waals surface area contributed by atoms with Crippen LogP contribution in [0.2, 0.25) is 0 Å². The Morgan fingerprint density at radius 2 is 1.85 bits per heavy atom. The van der Waals surface area contributed by atoms with Gasteiger partial charge in [-0.25, -0.2) is 44.2 Å². The van der Waals surface area contributed by atoms with Crippen molar-refractivity contribution in [2.45, 2.75) is 43.5 Å². The Bertz CT molecular complexity index is 1510. The topological polar surface area (TPSA) is 124 Å². The Hall–Kier alpha value is -3.14. The van der Waals surface area contributed by atoms with Gasteiger partial charge in [-0.1, -0.05) is 11.3 Å². The number of amides is 1. The molecule has 0 bridgehead atoms. The van der Waals surface area contributed by atoms with Crippen molar-refractivity contribution >= 4 is 44.2 Å². The minimum Gasteiger partial charge on any atom is -0.274 e. The monoisotopic (exact) mass is 521 g/mol. The first kappa shape index (κ1) is 24.0. The maximum absolute atomic E-state index is 15.1. The van der Waals surface area contributed by atoms with Crippen molar-refractivity contribution < 1.29 is 35.6 Å². The summed E-state index contributed by atoms with van der Waals surface area (Å²) >= 11 is 0.304. The molecule has 182 valence electrons. The number of alkyl halides is 3. The molecule has 1 saturated carbocycles. The molecule has 1 fully saturated rings. The lowest BCUT2D eigenvalue weighted by Crippen LogP contribution is -2.46. The molecule has 4 rings (SSSR count). The zero-order valence-electron chi connectivity index (χ0n) is 17.5. The van der Waals surface area contributed by atoms with Crippen molar-refractivity contribution in [1.82, 2.24) is 23.6 Å². The highest BCUT2D eigenvalue weighted by atomic mass is 32.2. The fraction of sp³-hybridized carbons (Fsp3) is 0.389. The highest BCUT2D eigenvalue weighted by Gasteiger charge is 2.55. The van der Waals surface area contributed by atoms with Crippen LogP contribution in [0.25, 0.3) is 16.2 Å². The van der Waals surface area contributed by atoms with Crippen LogP contribution in [-0.4, -0.2) is 56.1 Å². The molecule has 1 aromatic carbocycles. The lowest BCUT2D eigenvalue weighted by molar-refractivity contribution is -0.126. The van der Waals surface area contributed by atoms with Gasteiger partial charge in [0.1, 0.15) is 17.4 Å². The van der Waals surface area contributed by atoms with Gasteiger partial charge in [-0.3, -0.25) is 9.59 Å². The second-order valence-corrected chi connectivity index (χ2v) is 10.4. The van der Waals surface area contributed by atoms with Crippen LogP contribution in [0, 0.1) is 5.82 Å². The molecule has 0 unspecified atom stereocenters. The Balaban J connectivity index is 2.03. The molecule has 3 aromatic rings. The molecule has 0 N–H and O–H groups in total. The number of halogens is 4. The number of carbonyl (C=O) groups excluding carboxylic acids is 2. The summed E-state index contributed by atoms with van der Waals surface area (Å²) in [6.07, 6.45) is -2.94. The van der Waals surface area contributed by atoms with E-state index in [-0.39, 0.29) is 28.2 Å². The number of benzene rings is 1. The highest BCUT2D eigenvalue weighted by molar-refractivity contribution is 7.89. The van der Waals surface area contributed by atoms with Crippen LogP contribution in [0.1, 0.15) is 42.9 Å². The van der Waals surface area contributed by atoms with Gasteiger partial charge in [0.25, 0.3) is 16.4 Å². The maximum Gasteiger partial charge on any atom is 0.342 e. The second kappa shape index (κ2) is 7.97. The minimum absolute atomic E-state index is 0.0405. The van der Waals surface area contributed by atoms with Crippen molar-refractivity contribution in [3.63, 3.8) is 0 Å². The molecular formula is C18H15F4N5O5S2. The number of aromatic nitrogens is 4. The van der Waals surface area contributed by atoms with Gasteiger partial charge in [0, 0.05) is 19.9 Å². The van der Waals surface area contributed by atoms with Crippen molar-refractivity contribution in [1.29, 1.82) is 0 Å². The molecule has 0 spiro atoms. The Morgan fingerprint density at radius 1 is 1.21 bits per heavy atom. The lowest BCUT2D eigenvalue weighted by atomic mass is 10.3. The van der Waals surface area contributed by atoms with Crippen LogP contribution in [0.5, 0.6) is 0 Å². The third-order valence-corrected chi connectivity index (χ3v) is 8.24. The summed E-state index contributed by atoms with van der Waals surface area (Å²) in [4.78, 5) is 36.1. The van der Waals surface area contributed by atoms with Gasteiger partial charge in [-0.2, -0.15) is 0 Å². The van der Waals surface area contributed by atoms with Gasteiger partial charge >= 0.3 is 5.69 Å². The van der Waals surface area contributed by atoms with Crippen LogP contribution in [-0.2, 0) is 14.8 Å². The summed E-state index contributed by atoms with van der Waals surface area (Å²) in [5, 5.41) is 5.59. The average Bonchev–Trinajstić information content (AvgIpc) is 3.23. The highest BCUT2D eigenvalue weighted by Crippen LogP contribution is 2.45. The molecule has 1 amide bonds. The summed E-state index contributed by atoms with van der Waals surface area (Å²) in [5.41, 5.74) is -3.50. The van der Waals surface area contributed by atoms with Crippen LogP contribution in [0.15, 0.2) is 21.8 Å². The van der Waals surface area contributed by atoms with E-state index in [4.69, 9.17) is 0 Å². The molecule has 0 radical (unpaired) electrons. The number of fused-ring (bicyclic) bond motifs is 1. The van der Waals surface area contributed by atoms with E-state index in [0.717, 1.165) is 13.8 Å². The largest absolute Gasteiger partial charge is 0.342 e. The number of imidazole rings is 1. The number of hydrogen-bond donors (Lipinski definition) is 0. The van der Waals surface area contributed by atoms with Crippen molar-refractivity contribution in [2.75, 3.05) is 6.67 Å². The summed E-state index contributed by atoms with van der Waals surface area (Å²) in [6, 6.07) is 1.26. The van der Waals surface area contributed by atoms with E-state index < -0.39 is 67.0 Å². The van der Waals surface area contributed by atoms with Crippen molar-refractivity contribution in [3.05, 3.63) is 33.4 Å². The number of nitrogens with zero attached hydrogens (tertiary/aromatic N) is 5. The molecule has 16 heteroatoms. The molecule has 10 nitrogen and oxygen atoms in total. The first-order valence-electron chi connectivity index (χ1n) is 9.57. The van der Waals surface area contributed by atoms with E-state index in [0.29, 0.717) is 32.6 Å². The first-order valence-corrected chi connectivity index (χ1v) is 11.8. The number of sulfonamides is 1. The molecule has 34 heavy (non-hydrogen) atoms. The third-order valence-electron chi connectivity index (χ3n) is 5.33. The fourth-order valence-corrected chi connectivity index (χ4v) is 6.23. The van der Waals surface area contributed by atoms with E-state index in [1.165, 1.54) is 0 Å². The van der Waals surface area contributed by atoms with Gasteiger partial charge < -0.3 is 0 Å². The average molecular weight is 521 g/mol. The van der Waals surface area contributed by atoms with Gasteiger partial charge in [0.05, 0.1) is 16.6 Å². The number of carbonyl (C=O) groups is 2. The molecule has 1 aliphatic carbocycles. The van der Waals surface area contributed by atoms with E-state index in [9.17, 15) is 36.0 Å². The van der Waals surface area contributed by atoms with Crippen molar-refractivity contribution in [2.24, 2.45) is 0 Å². The van der Waals surface area contributed by atoms with Gasteiger partial charge in [0.15, 0.2) is 5.01 Å². The van der Waals surface area contributed by atoms with Crippen LogP contribution < -0.4 is 5.69 Å². The molecule has 0 saturated heterocycles. The standard InChI is InChI=1S/C18H15F4N5O5S2/c1-8(28)25-11-5-10(20)13(34(31,32)27(9(2)29)18(7-19)3-4-18)6-12(11)26(17(25)30)16-24-23-15(33-16)14(21)22/h5-6,14H,3-4,7H2,1-2H3. The predicted octanol–water partition coefficient (Wildman–Crippen LogP) is 2.42. The minimum atomic E-state index is -4.95. The summed E-state index contributed by atoms with van der Waals surface area (Å²) in [7, 11) is -4.95. The van der Waals surface area contributed by atoms with E-state index in [1.54, 1.807) is 0 Å². The van der Waals surface area contributed by atoms with E-state index >= 15 is 4.39 Å². The zero-order chi connectivity index (χ0) is 25.2. The Morgan fingerprint density at radius 3 is 2.32 bits per heavy atom. The van der Waals surface area contributed by atoms with Gasteiger partial charge in [0.2, 0.25) is 16.9 Å². The second-order valence-electron chi connectivity index (χ2n) is 7.61. The van der Waals surface area contributed by atoms with E-state index in [2.05, 4.69) is 10.2 Å². The molecule has 0 aliphatic heterocycles. The number of rotatable bonds is 6. The maximum atomic E-state index is 15.1.